The van der Waals surface area contributed by atoms with Crippen LogP contribution in [0.25, 0.3) is 0 Å². The minimum Gasteiger partial charge on any atom is -0.462 e. The first-order valence-corrected chi connectivity index (χ1v) is 6.41. The van der Waals surface area contributed by atoms with Gasteiger partial charge in [-0.15, -0.1) is 0 Å². The summed E-state index contributed by atoms with van der Waals surface area (Å²) in [7, 11) is 0. The summed E-state index contributed by atoms with van der Waals surface area (Å²) in [6.07, 6.45) is -4.43. The summed E-state index contributed by atoms with van der Waals surface area (Å²) in [6, 6.07) is -2.19. The lowest BCUT2D eigenvalue weighted by Gasteiger charge is -2.30. The van der Waals surface area contributed by atoms with E-state index in [4.69, 9.17) is 10.5 Å². The molecule has 1 unspecified atom stereocenters. The lowest BCUT2D eigenvalue weighted by molar-refractivity contribution is -0.181. The third-order valence-electron chi connectivity index (χ3n) is 2.84. The number of hydrogen-bond donors (Lipinski definition) is 1. The van der Waals surface area contributed by atoms with E-state index in [0.717, 1.165) is 0 Å². The molecule has 0 aromatic rings. The number of esters is 1. The molecule has 0 saturated carbocycles. The number of carbonyl (C=O) groups excluding carboxylic acids is 1. The summed E-state index contributed by atoms with van der Waals surface area (Å²) < 4.78 is 43.2. The van der Waals surface area contributed by atoms with Crippen LogP contribution in [0.15, 0.2) is 0 Å². The van der Waals surface area contributed by atoms with Crippen LogP contribution in [-0.2, 0) is 9.53 Å². The van der Waals surface area contributed by atoms with Crippen molar-refractivity contribution in [3.8, 4) is 0 Å². The van der Waals surface area contributed by atoms with E-state index >= 15 is 0 Å². The molecule has 0 saturated heterocycles. The summed E-state index contributed by atoms with van der Waals surface area (Å²) in [5.41, 5.74) is 4.75. The van der Waals surface area contributed by atoms with Crippen LogP contribution in [-0.4, -0.2) is 24.3 Å². The minimum absolute atomic E-state index is 0.0307. The van der Waals surface area contributed by atoms with Gasteiger partial charge in [0, 0.05) is 0 Å². The second-order valence-electron chi connectivity index (χ2n) is 6.09. The zero-order chi connectivity index (χ0) is 15.4. The molecular weight excluding hydrogens is 259 g/mol. The van der Waals surface area contributed by atoms with E-state index in [1.54, 1.807) is 34.6 Å². The number of halogens is 3. The number of rotatable bonds is 5. The average molecular weight is 283 g/mol. The third-order valence-corrected chi connectivity index (χ3v) is 2.84. The van der Waals surface area contributed by atoms with Gasteiger partial charge in [0.05, 0.1) is 12.0 Å². The fourth-order valence-electron chi connectivity index (χ4n) is 1.61. The van der Waals surface area contributed by atoms with Crippen LogP contribution < -0.4 is 5.73 Å². The molecule has 0 radical (unpaired) electrons. The van der Waals surface area contributed by atoms with Gasteiger partial charge in [0.1, 0.15) is 6.04 Å². The fourth-order valence-corrected chi connectivity index (χ4v) is 1.61. The first-order chi connectivity index (χ1) is 8.38. The van der Waals surface area contributed by atoms with Crippen molar-refractivity contribution in [3.05, 3.63) is 0 Å². The number of nitrogens with two attached hydrogens (primary N) is 1. The van der Waals surface area contributed by atoms with Gasteiger partial charge < -0.3 is 10.5 Å². The Morgan fingerprint density at radius 1 is 1.26 bits per heavy atom. The van der Waals surface area contributed by atoms with E-state index in [9.17, 15) is 18.0 Å². The Morgan fingerprint density at radius 3 is 2.05 bits per heavy atom. The van der Waals surface area contributed by atoms with Crippen molar-refractivity contribution in [2.45, 2.75) is 65.8 Å². The number of ether oxygens (including phenoxy) is 1. The molecule has 3 nitrogen and oxygen atoms in total. The molecule has 6 heteroatoms. The number of hydrogen-bond acceptors (Lipinski definition) is 3. The van der Waals surface area contributed by atoms with Crippen molar-refractivity contribution in [1.82, 2.24) is 0 Å². The Hall–Kier alpha value is -0.780. The molecule has 0 rings (SSSR count). The van der Waals surface area contributed by atoms with Crippen LogP contribution in [0.4, 0.5) is 13.2 Å². The van der Waals surface area contributed by atoms with Crippen LogP contribution in [0.2, 0.25) is 0 Å². The van der Waals surface area contributed by atoms with E-state index in [2.05, 4.69) is 0 Å². The first kappa shape index (κ1) is 18.2. The van der Waals surface area contributed by atoms with Crippen LogP contribution in [0.5, 0.6) is 0 Å². The minimum atomic E-state index is -4.61. The van der Waals surface area contributed by atoms with Crippen LogP contribution in [0.3, 0.4) is 0 Å². The van der Waals surface area contributed by atoms with Gasteiger partial charge in [-0.25, -0.2) is 0 Å². The van der Waals surface area contributed by atoms with Gasteiger partial charge in [-0.2, -0.15) is 13.2 Å². The molecule has 0 aromatic heterocycles. The zero-order valence-electron chi connectivity index (χ0n) is 12.2. The maximum atomic E-state index is 12.7. The molecule has 19 heavy (non-hydrogen) atoms. The van der Waals surface area contributed by atoms with Gasteiger partial charge in [0.25, 0.3) is 0 Å². The lowest BCUT2D eigenvalue weighted by Crippen LogP contribution is -2.49. The number of carbonyl (C=O) groups is 1. The second-order valence-corrected chi connectivity index (χ2v) is 6.09. The van der Waals surface area contributed by atoms with Crippen molar-refractivity contribution in [2.75, 3.05) is 0 Å². The SMILES string of the molecule is CCC(C)OC(=O)[C@@H](CC(C)(C)C)[C@H](N)C(F)(F)F. The van der Waals surface area contributed by atoms with Crippen molar-refractivity contribution in [1.29, 1.82) is 0 Å². The Kier molecular flexibility index (Phi) is 6.32. The summed E-state index contributed by atoms with van der Waals surface area (Å²) in [6.45, 7) is 8.73. The van der Waals surface area contributed by atoms with Crippen molar-refractivity contribution in [3.63, 3.8) is 0 Å². The normalized spacial score (nSPS) is 17.7. The van der Waals surface area contributed by atoms with Gasteiger partial charge in [-0.05, 0) is 25.2 Å². The molecule has 0 bridgehead atoms. The molecule has 0 spiro atoms. The molecule has 0 heterocycles. The van der Waals surface area contributed by atoms with E-state index in [0.29, 0.717) is 6.42 Å². The number of alkyl halides is 3. The largest absolute Gasteiger partial charge is 0.462 e. The highest BCUT2D eigenvalue weighted by Crippen LogP contribution is 2.33. The van der Waals surface area contributed by atoms with Crippen molar-refractivity contribution >= 4 is 5.97 Å². The van der Waals surface area contributed by atoms with Crippen LogP contribution in [0, 0.1) is 11.3 Å². The van der Waals surface area contributed by atoms with Crippen molar-refractivity contribution < 1.29 is 22.7 Å². The summed E-state index contributed by atoms with van der Waals surface area (Å²) in [4.78, 5) is 11.9. The Labute approximate surface area is 112 Å². The molecule has 0 aliphatic rings. The fraction of sp³-hybridized carbons (Fsp3) is 0.923. The van der Waals surface area contributed by atoms with E-state index in [-0.39, 0.29) is 6.42 Å². The maximum absolute atomic E-state index is 12.7. The standard InChI is InChI=1S/C13H24F3NO2/c1-6-8(2)19-11(18)9(7-12(3,4)5)10(17)13(14,15)16/h8-10H,6-7,17H2,1-5H3/t8?,9-,10-/m0/s1. The molecular formula is C13H24F3NO2. The van der Waals surface area contributed by atoms with Gasteiger partial charge in [0.2, 0.25) is 0 Å². The maximum Gasteiger partial charge on any atom is 0.404 e. The molecule has 0 aliphatic heterocycles. The summed E-state index contributed by atoms with van der Waals surface area (Å²) in [5.74, 6) is -2.23. The molecule has 0 amide bonds. The van der Waals surface area contributed by atoms with Crippen LogP contribution in [0.1, 0.15) is 47.5 Å². The topological polar surface area (TPSA) is 52.3 Å². The van der Waals surface area contributed by atoms with Gasteiger partial charge in [0.15, 0.2) is 0 Å². The highest BCUT2D eigenvalue weighted by atomic mass is 19.4. The van der Waals surface area contributed by atoms with Crippen LogP contribution >= 0.6 is 0 Å². The second kappa shape index (κ2) is 6.59. The van der Waals surface area contributed by atoms with E-state index in [1.165, 1.54) is 0 Å². The average Bonchev–Trinajstić information content (AvgIpc) is 2.22. The predicted molar refractivity (Wildman–Crippen MR) is 67.4 cm³/mol. The lowest BCUT2D eigenvalue weighted by atomic mass is 9.81. The highest BCUT2D eigenvalue weighted by molar-refractivity contribution is 5.73. The smallest absolute Gasteiger partial charge is 0.404 e. The van der Waals surface area contributed by atoms with E-state index < -0.39 is 35.6 Å². The predicted octanol–water partition coefficient (Wildman–Crippen LogP) is 3.27. The van der Waals surface area contributed by atoms with E-state index in [1.807, 2.05) is 0 Å². The quantitative estimate of drug-likeness (QED) is 0.788. The summed E-state index contributed by atoms with van der Waals surface area (Å²) in [5, 5.41) is 0. The van der Waals surface area contributed by atoms with Gasteiger partial charge in [-0.3, -0.25) is 4.79 Å². The van der Waals surface area contributed by atoms with Crippen molar-refractivity contribution in [2.24, 2.45) is 17.1 Å². The molecule has 3 atom stereocenters. The first-order valence-electron chi connectivity index (χ1n) is 6.41. The Morgan fingerprint density at radius 2 is 1.74 bits per heavy atom. The van der Waals surface area contributed by atoms with Gasteiger partial charge in [-0.1, -0.05) is 27.7 Å². The Balaban J connectivity index is 5.01. The molecule has 0 aliphatic carbocycles. The monoisotopic (exact) mass is 283 g/mol. The molecule has 0 fully saturated rings. The summed E-state index contributed by atoms with van der Waals surface area (Å²) >= 11 is 0. The zero-order valence-corrected chi connectivity index (χ0v) is 12.2. The van der Waals surface area contributed by atoms with Gasteiger partial charge >= 0.3 is 12.1 Å². The Bertz CT molecular complexity index is 297. The molecule has 2 N–H and O–H groups in total. The molecule has 114 valence electrons. The highest BCUT2D eigenvalue weighted by Gasteiger charge is 2.46. The third kappa shape index (κ3) is 6.80. The molecule has 0 aromatic carbocycles.